The van der Waals surface area contributed by atoms with Crippen LogP contribution in [0.15, 0.2) is 78.9 Å². The van der Waals surface area contributed by atoms with Gasteiger partial charge in [0.05, 0.1) is 16.3 Å². The Balaban J connectivity index is 1.76. The Labute approximate surface area is 204 Å². The van der Waals surface area contributed by atoms with E-state index in [4.69, 9.17) is 0 Å². The molecule has 35 heavy (non-hydrogen) atoms. The number of hydrogen-bond donors (Lipinski definition) is 1. The van der Waals surface area contributed by atoms with E-state index in [1.807, 2.05) is 43.3 Å². The average molecular weight is 473 g/mol. The number of anilines is 3. The van der Waals surface area contributed by atoms with E-state index in [9.17, 15) is 19.7 Å². The first-order valence-corrected chi connectivity index (χ1v) is 11.7. The van der Waals surface area contributed by atoms with Crippen LogP contribution >= 0.6 is 0 Å². The van der Waals surface area contributed by atoms with Gasteiger partial charge < -0.3 is 5.32 Å². The summed E-state index contributed by atoms with van der Waals surface area (Å²) in [5.74, 6) is -0.639. The van der Waals surface area contributed by atoms with Crippen LogP contribution in [0.3, 0.4) is 0 Å². The molecule has 1 saturated heterocycles. The number of nitrogens with zero attached hydrogens (tertiary/aromatic N) is 3. The van der Waals surface area contributed by atoms with Crippen molar-refractivity contribution in [2.75, 3.05) is 21.9 Å². The van der Waals surface area contributed by atoms with E-state index >= 15 is 0 Å². The summed E-state index contributed by atoms with van der Waals surface area (Å²) < 4.78 is 0. The number of hydrogen-bond acceptors (Lipinski definition) is 5. The number of benzene rings is 3. The molecule has 0 radical (unpaired) electrons. The highest BCUT2D eigenvalue weighted by molar-refractivity contribution is 6.26. The second-order valence-corrected chi connectivity index (χ2v) is 8.70. The molecule has 1 N–H and O–H groups in total. The summed E-state index contributed by atoms with van der Waals surface area (Å²) in [7, 11) is 0. The van der Waals surface area contributed by atoms with Crippen molar-refractivity contribution in [3.05, 3.63) is 94.5 Å². The van der Waals surface area contributed by atoms with Crippen molar-refractivity contribution < 1.29 is 14.5 Å². The molecule has 0 unspecified atom stereocenters. The number of nitro benzene ring substituents is 1. The van der Waals surface area contributed by atoms with Crippen molar-refractivity contribution in [1.29, 1.82) is 0 Å². The maximum atomic E-state index is 14.1. The van der Waals surface area contributed by atoms with Gasteiger partial charge in [0.2, 0.25) is 0 Å². The Kier molecular flexibility index (Phi) is 6.82. The summed E-state index contributed by atoms with van der Waals surface area (Å²) in [6, 6.07) is 23.0. The Bertz CT molecular complexity index is 1170. The molecule has 1 heterocycles. The lowest BCUT2D eigenvalue weighted by molar-refractivity contribution is -0.385. The number of carbonyl (C=O) groups excluding carboxylic acids is 2. The van der Waals surface area contributed by atoms with Gasteiger partial charge in [0.15, 0.2) is 0 Å². The van der Waals surface area contributed by atoms with Gasteiger partial charge in [-0.1, -0.05) is 62.2 Å². The number of rotatable bonds is 9. The highest BCUT2D eigenvalue weighted by atomic mass is 16.6. The van der Waals surface area contributed by atoms with Gasteiger partial charge in [0, 0.05) is 23.9 Å². The third-order valence-electron chi connectivity index (χ3n) is 6.36. The molecule has 180 valence electrons. The first-order chi connectivity index (χ1) is 16.9. The Morgan fingerprint density at radius 2 is 1.43 bits per heavy atom. The lowest BCUT2D eigenvalue weighted by Crippen LogP contribution is -2.43. The van der Waals surface area contributed by atoms with Gasteiger partial charge in [-0.25, -0.2) is 10.0 Å². The van der Waals surface area contributed by atoms with E-state index in [2.05, 4.69) is 5.32 Å². The molecular weight excluding hydrogens is 444 g/mol. The second-order valence-electron chi connectivity index (χ2n) is 8.70. The minimum atomic E-state index is -1.36. The summed E-state index contributed by atoms with van der Waals surface area (Å²) in [6.07, 6.45) is 1.85. The van der Waals surface area contributed by atoms with Gasteiger partial charge in [-0.15, -0.1) is 0 Å². The van der Waals surface area contributed by atoms with Crippen LogP contribution in [0.5, 0.6) is 0 Å². The average Bonchev–Trinajstić information content (AvgIpc) is 3.09. The van der Waals surface area contributed by atoms with Crippen molar-refractivity contribution in [1.82, 2.24) is 0 Å². The minimum absolute atomic E-state index is 0.0153. The third kappa shape index (κ3) is 4.47. The van der Waals surface area contributed by atoms with Crippen molar-refractivity contribution >= 4 is 34.6 Å². The third-order valence-corrected chi connectivity index (χ3v) is 6.36. The fourth-order valence-corrected chi connectivity index (χ4v) is 4.38. The van der Waals surface area contributed by atoms with Crippen LogP contribution in [-0.2, 0) is 9.59 Å². The number of para-hydroxylation sites is 2. The van der Waals surface area contributed by atoms with Crippen molar-refractivity contribution in [2.45, 2.75) is 33.1 Å². The van der Waals surface area contributed by atoms with Crippen LogP contribution < -0.4 is 15.3 Å². The minimum Gasteiger partial charge on any atom is -0.383 e. The van der Waals surface area contributed by atoms with Gasteiger partial charge >= 0.3 is 0 Å². The van der Waals surface area contributed by atoms with Crippen LogP contribution in [0, 0.1) is 22.5 Å². The fourth-order valence-electron chi connectivity index (χ4n) is 4.38. The van der Waals surface area contributed by atoms with Crippen molar-refractivity contribution in [2.24, 2.45) is 5.41 Å². The lowest BCUT2D eigenvalue weighted by atomic mass is 9.81. The molecule has 0 bridgehead atoms. The molecule has 0 saturated carbocycles. The summed E-state index contributed by atoms with van der Waals surface area (Å²) in [5, 5.41) is 17.5. The molecule has 0 aromatic heterocycles. The highest BCUT2D eigenvalue weighted by Gasteiger charge is 2.58. The van der Waals surface area contributed by atoms with Gasteiger partial charge in [0.25, 0.3) is 17.5 Å². The number of nitrogens with one attached hydrogen (secondary N) is 1. The zero-order valence-corrected chi connectivity index (χ0v) is 19.8. The summed E-state index contributed by atoms with van der Waals surface area (Å²) in [6.45, 7) is 3.71. The Morgan fingerprint density at radius 3 is 1.91 bits per heavy atom. The molecule has 1 aliphatic rings. The highest BCUT2D eigenvalue weighted by Crippen LogP contribution is 2.42. The largest absolute Gasteiger partial charge is 0.383 e. The number of hydrazine groups is 1. The predicted octanol–water partition coefficient (Wildman–Crippen LogP) is 5.49. The van der Waals surface area contributed by atoms with E-state index in [-0.39, 0.29) is 24.0 Å². The quantitative estimate of drug-likeness (QED) is 0.252. The Morgan fingerprint density at radius 1 is 0.886 bits per heavy atom. The monoisotopic (exact) mass is 472 g/mol. The molecule has 4 rings (SSSR count). The normalized spacial score (nSPS) is 14.9. The molecular formula is C27H28N4O4. The first-order valence-electron chi connectivity index (χ1n) is 11.7. The number of carbonyl (C=O) groups is 2. The van der Waals surface area contributed by atoms with Crippen LogP contribution in [0.1, 0.15) is 31.7 Å². The maximum Gasteiger partial charge on any atom is 0.274 e. The number of unbranched alkanes of at least 4 members (excludes halogenated alkanes) is 1. The van der Waals surface area contributed by atoms with E-state index < -0.39 is 10.3 Å². The SMILES string of the molecule is CCCCC1(CNc2ccc(C)c([N+](=O)[O-])c2)C(=O)N(c2ccccc2)N(c2ccccc2)C1=O. The Hall–Kier alpha value is -4.20. The summed E-state index contributed by atoms with van der Waals surface area (Å²) in [4.78, 5) is 39.1. The number of aryl methyl sites for hydroxylation is 1. The molecule has 0 spiro atoms. The fraction of sp³-hybridized carbons (Fsp3) is 0.259. The molecule has 8 nitrogen and oxygen atoms in total. The van der Waals surface area contributed by atoms with Crippen molar-refractivity contribution in [3.8, 4) is 0 Å². The predicted molar refractivity (Wildman–Crippen MR) is 136 cm³/mol. The van der Waals surface area contributed by atoms with E-state index in [0.29, 0.717) is 35.5 Å². The molecule has 3 aromatic carbocycles. The van der Waals surface area contributed by atoms with Crippen LogP contribution in [-0.4, -0.2) is 23.3 Å². The van der Waals surface area contributed by atoms with Crippen LogP contribution in [0.25, 0.3) is 0 Å². The molecule has 2 amide bonds. The molecule has 0 atom stereocenters. The van der Waals surface area contributed by atoms with Crippen molar-refractivity contribution in [3.63, 3.8) is 0 Å². The van der Waals surface area contributed by atoms with Gasteiger partial charge in [-0.05, 0) is 43.7 Å². The second kappa shape index (κ2) is 9.97. The zero-order valence-electron chi connectivity index (χ0n) is 19.8. The van der Waals surface area contributed by atoms with E-state index in [1.54, 1.807) is 43.3 Å². The summed E-state index contributed by atoms with van der Waals surface area (Å²) in [5.41, 5.74) is 0.848. The van der Waals surface area contributed by atoms with Gasteiger partial charge in [-0.3, -0.25) is 19.7 Å². The maximum absolute atomic E-state index is 14.1. The summed E-state index contributed by atoms with van der Waals surface area (Å²) >= 11 is 0. The smallest absolute Gasteiger partial charge is 0.274 e. The topological polar surface area (TPSA) is 95.8 Å². The molecule has 8 heteroatoms. The molecule has 0 aliphatic carbocycles. The molecule has 3 aromatic rings. The van der Waals surface area contributed by atoms with E-state index in [1.165, 1.54) is 16.1 Å². The van der Waals surface area contributed by atoms with Gasteiger partial charge in [-0.2, -0.15) is 0 Å². The lowest BCUT2D eigenvalue weighted by Gasteiger charge is -2.27. The molecule has 1 aliphatic heterocycles. The zero-order chi connectivity index (χ0) is 25.0. The van der Waals surface area contributed by atoms with Crippen LogP contribution in [0.2, 0.25) is 0 Å². The first kappa shape index (κ1) is 23.9. The van der Waals surface area contributed by atoms with Gasteiger partial charge in [0.1, 0.15) is 5.41 Å². The number of nitro groups is 1. The standard InChI is InChI=1S/C27H28N4O4/c1-3-4-17-27(19-28-21-16-15-20(2)24(18-21)31(34)35)25(32)29(22-11-7-5-8-12-22)30(26(27)33)23-13-9-6-10-14-23/h5-16,18,28H,3-4,17,19H2,1-2H3. The van der Waals surface area contributed by atoms with Crippen LogP contribution in [0.4, 0.5) is 22.7 Å². The number of amides is 2. The molecule has 1 fully saturated rings. The van der Waals surface area contributed by atoms with E-state index in [0.717, 1.165) is 6.42 Å².